The molecule has 3 N–H and O–H groups in total. The van der Waals surface area contributed by atoms with Gasteiger partial charge in [-0.05, 0) is 42.8 Å². The number of fused-ring (bicyclic) bond motifs is 1. The van der Waals surface area contributed by atoms with E-state index in [-0.39, 0.29) is 18.4 Å². The zero-order chi connectivity index (χ0) is 16.6. The Morgan fingerprint density at radius 1 is 1.43 bits per heavy atom. The first kappa shape index (κ1) is 16.2. The van der Waals surface area contributed by atoms with Crippen molar-refractivity contribution < 1.29 is 14.3 Å². The van der Waals surface area contributed by atoms with E-state index in [9.17, 15) is 9.59 Å². The predicted octanol–water partition coefficient (Wildman–Crippen LogP) is 3.17. The van der Waals surface area contributed by atoms with Gasteiger partial charge in [-0.2, -0.15) is 0 Å². The first-order valence-corrected chi connectivity index (χ1v) is 9.04. The van der Waals surface area contributed by atoms with Gasteiger partial charge in [-0.25, -0.2) is 0 Å². The van der Waals surface area contributed by atoms with Crippen LogP contribution in [-0.4, -0.2) is 18.4 Å². The van der Waals surface area contributed by atoms with Gasteiger partial charge in [-0.1, -0.05) is 0 Å². The Hall–Kier alpha value is -1.70. The first-order chi connectivity index (χ1) is 11.0. The van der Waals surface area contributed by atoms with Crippen molar-refractivity contribution in [2.75, 3.05) is 11.9 Å². The summed E-state index contributed by atoms with van der Waals surface area (Å²) in [5.41, 5.74) is 7.93. The summed E-state index contributed by atoms with van der Waals surface area (Å²) in [4.78, 5) is 26.1. The van der Waals surface area contributed by atoms with E-state index in [0.717, 1.165) is 21.7 Å². The number of hydrogen-bond donors (Lipinski definition) is 2. The number of amides is 2. The molecule has 2 amide bonds. The molecule has 0 saturated carbocycles. The van der Waals surface area contributed by atoms with Crippen LogP contribution in [0.5, 0.6) is 0 Å². The molecule has 0 aromatic carbocycles. The molecule has 0 fully saturated rings. The lowest BCUT2D eigenvalue weighted by Crippen LogP contribution is -2.22. The van der Waals surface area contributed by atoms with Crippen molar-refractivity contribution in [2.45, 2.75) is 32.8 Å². The summed E-state index contributed by atoms with van der Waals surface area (Å²) in [6.45, 7) is 4.37. The van der Waals surface area contributed by atoms with Gasteiger partial charge in [0.2, 0.25) is 5.91 Å². The molecule has 0 spiro atoms. The molecule has 3 heterocycles. The highest BCUT2D eigenvalue weighted by Crippen LogP contribution is 2.35. The van der Waals surface area contributed by atoms with E-state index >= 15 is 0 Å². The normalized spacial score (nSPS) is 16.9. The topological polar surface area (TPSA) is 81.4 Å². The van der Waals surface area contributed by atoms with Crippen LogP contribution in [0.1, 0.15) is 43.8 Å². The summed E-state index contributed by atoms with van der Waals surface area (Å²) in [7, 11) is 0. The molecule has 5 nitrogen and oxygen atoms in total. The summed E-state index contributed by atoms with van der Waals surface area (Å²) in [6, 6.07) is 2.09. The molecule has 0 bridgehead atoms. The maximum Gasteiger partial charge on any atom is 0.251 e. The van der Waals surface area contributed by atoms with E-state index in [0.29, 0.717) is 17.2 Å². The Labute approximate surface area is 142 Å². The van der Waals surface area contributed by atoms with Crippen LogP contribution >= 0.6 is 22.7 Å². The van der Waals surface area contributed by atoms with Crippen LogP contribution in [0.2, 0.25) is 0 Å². The fourth-order valence-electron chi connectivity index (χ4n) is 2.73. The third kappa shape index (κ3) is 3.17. The fourth-order valence-corrected chi connectivity index (χ4v) is 4.82. The van der Waals surface area contributed by atoms with Crippen LogP contribution in [0.15, 0.2) is 11.4 Å². The molecule has 1 atom stereocenters. The minimum atomic E-state index is -0.517. The van der Waals surface area contributed by atoms with Crippen molar-refractivity contribution in [3.05, 3.63) is 37.9 Å². The predicted molar refractivity (Wildman–Crippen MR) is 92.3 cm³/mol. The highest BCUT2D eigenvalue weighted by molar-refractivity contribution is 7.16. The van der Waals surface area contributed by atoms with Gasteiger partial charge in [0.25, 0.3) is 5.91 Å². The maximum atomic E-state index is 12.4. The monoisotopic (exact) mass is 350 g/mol. The number of hydrogen-bond acceptors (Lipinski definition) is 5. The second-order valence-electron chi connectivity index (χ2n) is 5.52. The molecule has 0 radical (unpaired) electrons. The van der Waals surface area contributed by atoms with Gasteiger partial charge in [-0.3, -0.25) is 9.59 Å². The zero-order valence-electron chi connectivity index (χ0n) is 13.0. The van der Waals surface area contributed by atoms with Gasteiger partial charge < -0.3 is 15.8 Å². The zero-order valence-corrected chi connectivity index (χ0v) is 14.6. The van der Waals surface area contributed by atoms with Crippen LogP contribution in [0, 0.1) is 13.8 Å². The number of rotatable bonds is 4. The molecule has 0 saturated heterocycles. The molecule has 1 aliphatic heterocycles. The number of primary amides is 1. The third-order valence-corrected chi connectivity index (χ3v) is 6.19. The number of thiophene rings is 2. The van der Waals surface area contributed by atoms with Gasteiger partial charge >= 0.3 is 0 Å². The van der Waals surface area contributed by atoms with Gasteiger partial charge in [-0.15, -0.1) is 22.7 Å². The minimum absolute atomic E-state index is 0.167. The largest absolute Gasteiger partial charge is 0.372 e. The van der Waals surface area contributed by atoms with Crippen LogP contribution in [0.3, 0.4) is 0 Å². The second-order valence-corrected chi connectivity index (χ2v) is 7.70. The third-order valence-electron chi connectivity index (χ3n) is 4.02. The van der Waals surface area contributed by atoms with Crippen LogP contribution in [-0.2, 0) is 16.0 Å². The highest BCUT2D eigenvalue weighted by atomic mass is 32.1. The van der Waals surface area contributed by atoms with Crippen molar-refractivity contribution in [1.29, 1.82) is 0 Å². The molecule has 0 aliphatic carbocycles. The van der Waals surface area contributed by atoms with Gasteiger partial charge in [0.15, 0.2) is 0 Å². The van der Waals surface area contributed by atoms with Crippen molar-refractivity contribution in [1.82, 2.24) is 0 Å². The number of nitrogens with two attached hydrogens (primary N) is 1. The average Bonchev–Trinajstić information content (AvgIpc) is 3.05. The first-order valence-electron chi connectivity index (χ1n) is 7.35. The second kappa shape index (κ2) is 6.43. The summed E-state index contributed by atoms with van der Waals surface area (Å²) >= 11 is 3.00. The van der Waals surface area contributed by atoms with Gasteiger partial charge in [0.05, 0.1) is 18.6 Å². The number of aryl methyl sites for hydroxylation is 1. The van der Waals surface area contributed by atoms with Crippen molar-refractivity contribution in [3.8, 4) is 0 Å². The average molecular weight is 350 g/mol. The number of ether oxygens (including phenoxy) is 1. The molecule has 122 valence electrons. The maximum absolute atomic E-state index is 12.4. The SMILES string of the molecule is Cc1sc(NC(=O)CC2OCCc3ccsc32)c(C(N)=O)c1C. The number of anilines is 1. The number of carbonyl (C=O) groups is 2. The molecule has 3 rings (SSSR count). The van der Waals surface area contributed by atoms with E-state index in [2.05, 4.69) is 11.4 Å². The Kier molecular flexibility index (Phi) is 4.52. The van der Waals surface area contributed by atoms with E-state index in [4.69, 9.17) is 10.5 Å². The van der Waals surface area contributed by atoms with E-state index in [1.165, 1.54) is 16.9 Å². The fraction of sp³-hybridized carbons (Fsp3) is 0.375. The molecular weight excluding hydrogens is 332 g/mol. The molecular formula is C16H18N2O3S2. The molecule has 23 heavy (non-hydrogen) atoms. The smallest absolute Gasteiger partial charge is 0.251 e. The summed E-state index contributed by atoms with van der Waals surface area (Å²) in [5, 5.41) is 5.38. The van der Waals surface area contributed by atoms with Crippen molar-refractivity contribution >= 4 is 39.5 Å². The van der Waals surface area contributed by atoms with Gasteiger partial charge in [0, 0.05) is 9.75 Å². The molecule has 2 aromatic heterocycles. The van der Waals surface area contributed by atoms with Crippen molar-refractivity contribution in [3.63, 3.8) is 0 Å². The Morgan fingerprint density at radius 3 is 2.96 bits per heavy atom. The van der Waals surface area contributed by atoms with E-state index < -0.39 is 5.91 Å². The Morgan fingerprint density at radius 2 is 2.22 bits per heavy atom. The Balaban J connectivity index is 1.74. The van der Waals surface area contributed by atoms with Crippen molar-refractivity contribution in [2.24, 2.45) is 5.73 Å². The molecule has 1 unspecified atom stereocenters. The summed E-state index contributed by atoms with van der Waals surface area (Å²) in [6.07, 6.45) is 0.922. The molecule has 7 heteroatoms. The van der Waals surface area contributed by atoms with E-state index in [1.54, 1.807) is 11.3 Å². The Bertz CT molecular complexity index is 763. The quantitative estimate of drug-likeness (QED) is 0.888. The lowest BCUT2D eigenvalue weighted by Gasteiger charge is -2.22. The lowest BCUT2D eigenvalue weighted by atomic mass is 10.1. The van der Waals surface area contributed by atoms with Crippen LogP contribution in [0.25, 0.3) is 0 Å². The van der Waals surface area contributed by atoms with Gasteiger partial charge in [0.1, 0.15) is 11.1 Å². The number of nitrogens with one attached hydrogen (secondary N) is 1. The molecule has 1 aliphatic rings. The van der Waals surface area contributed by atoms with E-state index in [1.807, 2.05) is 19.2 Å². The highest BCUT2D eigenvalue weighted by Gasteiger charge is 2.26. The van der Waals surface area contributed by atoms with Crippen LogP contribution in [0.4, 0.5) is 5.00 Å². The lowest BCUT2D eigenvalue weighted by molar-refractivity contribution is -0.119. The molecule has 2 aromatic rings. The standard InChI is InChI=1S/C16H18N2O3S2/c1-8-9(2)23-16(13(8)15(17)20)18-12(19)7-11-14-10(3-5-21-11)4-6-22-14/h4,6,11H,3,5,7H2,1-2H3,(H2,17,20)(H,18,19). The number of carbonyl (C=O) groups excluding carboxylic acids is 2. The minimum Gasteiger partial charge on any atom is -0.372 e. The summed E-state index contributed by atoms with van der Waals surface area (Å²) < 4.78 is 5.74. The van der Waals surface area contributed by atoms with Crippen LogP contribution < -0.4 is 11.1 Å². The summed E-state index contributed by atoms with van der Waals surface area (Å²) in [5.74, 6) is -0.684.